The third-order valence-corrected chi connectivity index (χ3v) is 2.84. The Hall–Kier alpha value is -1.12. The van der Waals surface area contributed by atoms with Crippen molar-refractivity contribution in [2.45, 2.75) is 11.8 Å². The van der Waals surface area contributed by atoms with Crippen LogP contribution in [0, 0.1) is 0 Å². The van der Waals surface area contributed by atoms with E-state index in [9.17, 15) is 0 Å². The Balaban J connectivity index is 2.29. The number of benzene rings is 1. The van der Waals surface area contributed by atoms with Gasteiger partial charge in [0.2, 0.25) is 0 Å². The van der Waals surface area contributed by atoms with Crippen molar-refractivity contribution in [1.29, 1.82) is 0 Å². The van der Waals surface area contributed by atoms with Crippen LogP contribution in [0.5, 0.6) is 0 Å². The summed E-state index contributed by atoms with van der Waals surface area (Å²) in [6.45, 7) is 5.65. The number of allylic oxidation sites excluding steroid dienone is 1. The van der Waals surface area contributed by atoms with Crippen LogP contribution in [0.1, 0.15) is 12.0 Å². The molecule has 80 valence electrons. The summed E-state index contributed by atoms with van der Waals surface area (Å²) < 4.78 is 10.8. The lowest BCUT2D eigenvalue weighted by Crippen LogP contribution is -2.41. The first-order valence-electron chi connectivity index (χ1n) is 5.19. The summed E-state index contributed by atoms with van der Waals surface area (Å²) in [4.78, 5) is 0. The predicted molar refractivity (Wildman–Crippen MR) is 59.7 cm³/mol. The van der Waals surface area contributed by atoms with Gasteiger partial charge in [-0.1, -0.05) is 36.4 Å². The molecule has 2 rings (SSSR count). The predicted octanol–water partition coefficient (Wildman–Crippen LogP) is 2.50. The second-order valence-corrected chi connectivity index (χ2v) is 3.95. The molecule has 1 saturated heterocycles. The quantitative estimate of drug-likeness (QED) is 0.704. The molecule has 0 unspecified atom stereocenters. The zero-order valence-corrected chi connectivity index (χ0v) is 8.82. The summed E-state index contributed by atoms with van der Waals surface area (Å²) in [5, 5.41) is 0. The van der Waals surface area contributed by atoms with Crippen LogP contribution in [0.2, 0.25) is 0 Å². The van der Waals surface area contributed by atoms with Crippen LogP contribution in [-0.4, -0.2) is 20.0 Å². The van der Waals surface area contributed by atoms with Gasteiger partial charge >= 0.3 is 0 Å². The van der Waals surface area contributed by atoms with E-state index in [0.29, 0.717) is 20.0 Å². The van der Waals surface area contributed by atoms with E-state index in [1.54, 1.807) is 0 Å². The van der Waals surface area contributed by atoms with Crippen LogP contribution in [-0.2, 0) is 14.9 Å². The van der Waals surface area contributed by atoms with Crippen LogP contribution in [0.3, 0.4) is 0 Å². The number of hydrogen-bond acceptors (Lipinski definition) is 2. The van der Waals surface area contributed by atoms with Crippen molar-refractivity contribution in [2.75, 3.05) is 20.0 Å². The van der Waals surface area contributed by atoms with Crippen LogP contribution in [0.25, 0.3) is 0 Å². The molecule has 15 heavy (non-hydrogen) atoms. The minimum absolute atomic E-state index is 0.0404. The molecular formula is C13H16O2. The third kappa shape index (κ3) is 2.11. The summed E-state index contributed by atoms with van der Waals surface area (Å²) in [6.07, 6.45) is 2.82. The van der Waals surface area contributed by atoms with E-state index >= 15 is 0 Å². The smallest absolute Gasteiger partial charge is 0.146 e. The van der Waals surface area contributed by atoms with Crippen LogP contribution >= 0.6 is 0 Å². The lowest BCUT2D eigenvalue weighted by molar-refractivity contribution is -0.137. The summed E-state index contributed by atoms with van der Waals surface area (Å²) >= 11 is 0. The van der Waals surface area contributed by atoms with Crippen LogP contribution in [0.4, 0.5) is 0 Å². The highest BCUT2D eigenvalue weighted by Crippen LogP contribution is 2.31. The number of rotatable bonds is 3. The average Bonchev–Trinajstić information content (AvgIpc) is 2.32. The lowest BCUT2D eigenvalue weighted by Gasteiger charge is -2.36. The van der Waals surface area contributed by atoms with Gasteiger partial charge in [0.25, 0.3) is 0 Å². The molecule has 2 nitrogen and oxygen atoms in total. The molecule has 1 aliphatic heterocycles. The Labute approximate surface area is 90.5 Å². The maximum absolute atomic E-state index is 5.42. The second-order valence-electron chi connectivity index (χ2n) is 3.95. The van der Waals surface area contributed by atoms with E-state index in [0.717, 1.165) is 6.42 Å². The largest absolute Gasteiger partial charge is 0.354 e. The van der Waals surface area contributed by atoms with Gasteiger partial charge in [0.15, 0.2) is 0 Å². The number of hydrogen-bond donors (Lipinski definition) is 0. The van der Waals surface area contributed by atoms with E-state index in [4.69, 9.17) is 9.47 Å². The Kier molecular flexibility index (Phi) is 3.19. The van der Waals surface area contributed by atoms with Gasteiger partial charge in [-0.25, -0.2) is 0 Å². The zero-order valence-electron chi connectivity index (χ0n) is 8.82. The molecule has 0 aliphatic carbocycles. The first-order chi connectivity index (χ1) is 7.37. The topological polar surface area (TPSA) is 18.5 Å². The van der Waals surface area contributed by atoms with Gasteiger partial charge in [0.1, 0.15) is 6.79 Å². The molecule has 0 radical (unpaired) electrons. The first kappa shape index (κ1) is 10.4. The molecule has 0 amide bonds. The molecule has 0 atom stereocenters. The highest BCUT2D eigenvalue weighted by Gasteiger charge is 2.34. The minimum Gasteiger partial charge on any atom is -0.354 e. The van der Waals surface area contributed by atoms with E-state index in [1.165, 1.54) is 5.56 Å². The highest BCUT2D eigenvalue weighted by molar-refractivity contribution is 5.27. The van der Waals surface area contributed by atoms with Gasteiger partial charge in [-0.3, -0.25) is 0 Å². The van der Waals surface area contributed by atoms with Gasteiger partial charge in [0, 0.05) is 5.41 Å². The molecule has 0 aromatic heterocycles. The molecule has 0 bridgehead atoms. The molecule has 1 fully saturated rings. The first-order valence-corrected chi connectivity index (χ1v) is 5.19. The molecule has 0 saturated carbocycles. The third-order valence-electron chi connectivity index (χ3n) is 2.84. The lowest BCUT2D eigenvalue weighted by atomic mass is 9.78. The van der Waals surface area contributed by atoms with Crippen molar-refractivity contribution < 1.29 is 9.47 Å². The SMILES string of the molecule is C=CCC1(c2ccccc2)COCOC1. The van der Waals surface area contributed by atoms with Crippen molar-refractivity contribution >= 4 is 0 Å². The molecule has 0 spiro atoms. The zero-order chi connectivity index (χ0) is 10.6. The van der Waals surface area contributed by atoms with Crippen molar-refractivity contribution in [3.63, 3.8) is 0 Å². The summed E-state index contributed by atoms with van der Waals surface area (Å²) in [7, 11) is 0. The van der Waals surface area contributed by atoms with Gasteiger partial charge in [0.05, 0.1) is 13.2 Å². The summed E-state index contributed by atoms with van der Waals surface area (Å²) in [6, 6.07) is 10.4. The van der Waals surface area contributed by atoms with Crippen LogP contribution in [0.15, 0.2) is 43.0 Å². The van der Waals surface area contributed by atoms with E-state index in [-0.39, 0.29) is 5.41 Å². The standard InChI is InChI=1S/C13H16O2/c1-2-8-13(9-14-11-15-10-13)12-6-4-3-5-7-12/h2-7H,1,8-11H2. The molecule has 1 aromatic rings. The Bertz CT molecular complexity index is 313. The van der Waals surface area contributed by atoms with Crippen molar-refractivity contribution in [1.82, 2.24) is 0 Å². The Morgan fingerprint density at radius 2 is 1.87 bits per heavy atom. The maximum atomic E-state index is 5.42. The molecule has 0 N–H and O–H groups in total. The van der Waals surface area contributed by atoms with Crippen molar-refractivity contribution in [2.24, 2.45) is 0 Å². The molecule has 1 aromatic carbocycles. The number of ether oxygens (including phenoxy) is 2. The van der Waals surface area contributed by atoms with Gasteiger partial charge < -0.3 is 9.47 Å². The second kappa shape index (κ2) is 4.60. The fraction of sp³-hybridized carbons (Fsp3) is 0.385. The minimum atomic E-state index is -0.0404. The fourth-order valence-corrected chi connectivity index (χ4v) is 2.05. The molecular weight excluding hydrogens is 188 g/mol. The average molecular weight is 204 g/mol. The van der Waals surface area contributed by atoms with Gasteiger partial charge in [-0.05, 0) is 12.0 Å². The van der Waals surface area contributed by atoms with Gasteiger partial charge in [-0.15, -0.1) is 6.58 Å². The summed E-state index contributed by atoms with van der Waals surface area (Å²) in [5.74, 6) is 0. The Morgan fingerprint density at radius 1 is 1.20 bits per heavy atom. The molecule has 1 heterocycles. The van der Waals surface area contributed by atoms with E-state index in [1.807, 2.05) is 12.1 Å². The Morgan fingerprint density at radius 3 is 2.47 bits per heavy atom. The normalized spacial score (nSPS) is 19.7. The molecule has 2 heteroatoms. The van der Waals surface area contributed by atoms with E-state index < -0.39 is 0 Å². The monoisotopic (exact) mass is 204 g/mol. The van der Waals surface area contributed by atoms with Gasteiger partial charge in [-0.2, -0.15) is 0 Å². The van der Waals surface area contributed by atoms with Crippen molar-refractivity contribution in [3.8, 4) is 0 Å². The summed E-state index contributed by atoms with van der Waals surface area (Å²) in [5.41, 5.74) is 1.23. The van der Waals surface area contributed by atoms with Crippen molar-refractivity contribution in [3.05, 3.63) is 48.6 Å². The highest BCUT2D eigenvalue weighted by atomic mass is 16.7. The molecule has 1 aliphatic rings. The maximum Gasteiger partial charge on any atom is 0.146 e. The van der Waals surface area contributed by atoms with Crippen LogP contribution < -0.4 is 0 Å². The van der Waals surface area contributed by atoms with E-state index in [2.05, 4.69) is 30.8 Å². The fourth-order valence-electron chi connectivity index (χ4n) is 2.05.